The summed E-state index contributed by atoms with van der Waals surface area (Å²) in [6, 6.07) is 23.5. The van der Waals surface area contributed by atoms with Crippen molar-refractivity contribution < 1.29 is 32.9 Å². The summed E-state index contributed by atoms with van der Waals surface area (Å²) < 4.78 is 37.6. The number of likely N-dealkylation sites (tertiary alicyclic amines) is 1. The lowest BCUT2D eigenvalue weighted by Gasteiger charge is -2.40. The number of anilines is 1. The summed E-state index contributed by atoms with van der Waals surface area (Å²) in [5.74, 6) is 0.710. The Bertz CT molecular complexity index is 1650. The summed E-state index contributed by atoms with van der Waals surface area (Å²) in [5.41, 5.74) is 1.58. The molecule has 0 radical (unpaired) electrons. The molecule has 3 unspecified atom stereocenters. The minimum Gasteiger partial charge on any atom is -0.489 e. The molecular weight excluding hydrogens is 617 g/mol. The average Bonchev–Trinajstić information content (AvgIpc) is 3.06. The number of ether oxygens (including phenoxy) is 4. The normalized spacial score (nSPS) is 17.2. The first-order valence-corrected chi connectivity index (χ1v) is 17.1. The molecule has 1 N–H and O–H groups in total. The molecule has 1 fully saturated rings. The first-order chi connectivity index (χ1) is 22.6. The van der Waals surface area contributed by atoms with Crippen molar-refractivity contribution in [2.45, 2.75) is 57.0 Å². The van der Waals surface area contributed by atoms with Gasteiger partial charge in [0.05, 0.1) is 19.3 Å². The van der Waals surface area contributed by atoms with Crippen LogP contribution in [0.4, 0.5) is 19.8 Å². The third kappa shape index (κ3) is 9.08. The quantitative estimate of drug-likeness (QED) is 0.146. The maximum atomic E-state index is 13.8. The number of aromatic nitrogens is 1. The molecule has 5 rings (SSSR count). The van der Waals surface area contributed by atoms with Gasteiger partial charge in [0, 0.05) is 34.3 Å². The number of nitrogens with zero attached hydrogens (tertiary/aromatic N) is 2. The van der Waals surface area contributed by atoms with Gasteiger partial charge in [-0.25, -0.2) is 19.0 Å². The van der Waals surface area contributed by atoms with Gasteiger partial charge in [0.25, 0.3) is 0 Å². The molecule has 0 bridgehead atoms. The molecule has 4 aromatic rings. The van der Waals surface area contributed by atoms with E-state index in [1.54, 1.807) is 41.4 Å². The molecule has 1 saturated heterocycles. The van der Waals surface area contributed by atoms with Crippen molar-refractivity contribution in [1.29, 1.82) is 0 Å². The molecule has 2 amide bonds. The number of halogens is 1. The summed E-state index contributed by atoms with van der Waals surface area (Å²) in [7, 11) is 0.907. The topological polar surface area (TPSA) is 99.2 Å². The van der Waals surface area contributed by atoms with Gasteiger partial charge in [-0.15, -0.1) is 0 Å². The number of hydrogen-bond donors (Lipinski definition) is 1. The highest BCUT2D eigenvalue weighted by atomic mass is 28.1. The summed E-state index contributed by atoms with van der Waals surface area (Å²) in [5, 5.41) is 4.47. The molecule has 11 heteroatoms. The minimum atomic E-state index is -0.616. The van der Waals surface area contributed by atoms with Crippen LogP contribution < -0.4 is 10.1 Å². The number of rotatable bonds is 11. The summed E-state index contributed by atoms with van der Waals surface area (Å²) in [6.45, 7) is 7.29. The van der Waals surface area contributed by atoms with Gasteiger partial charge in [-0.2, -0.15) is 0 Å². The van der Waals surface area contributed by atoms with E-state index >= 15 is 0 Å². The number of hydrogen-bond acceptors (Lipinski definition) is 7. The number of amides is 2. The Morgan fingerprint density at radius 3 is 2.57 bits per heavy atom. The van der Waals surface area contributed by atoms with Crippen molar-refractivity contribution in [2.24, 2.45) is 0 Å². The van der Waals surface area contributed by atoms with Gasteiger partial charge in [-0.05, 0) is 78.7 Å². The highest BCUT2D eigenvalue weighted by molar-refractivity contribution is 6.12. The van der Waals surface area contributed by atoms with E-state index in [4.69, 9.17) is 18.9 Å². The van der Waals surface area contributed by atoms with E-state index in [1.807, 2.05) is 44.2 Å². The van der Waals surface area contributed by atoms with Crippen LogP contribution in [0.5, 0.6) is 5.75 Å². The molecule has 2 heterocycles. The van der Waals surface area contributed by atoms with Gasteiger partial charge in [0.1, 0.15) is 36.2 Å². The van der Waals surface area contributed by atoms with Crippen molar-refractivity contribution in [1.82, 2.24) is 9.88 Å². The summed E-state index contributed by atoms with van der Waals surface area (Å²) >= 11 is 0. The average molecular weight is 660 g/mol. The van der Waals surface area contributed by atoms with Crippen molar-refractivity contribution in [3.63, 3.8) is 0 Å². The van der Waals surface area contributed by atoms with E-state index < -0.39 is 11.7 Å². The lowest BCUT2D eigenvalue weighted by Crippen LogP contribution is -2.49. The molecule has 1 aliphatic heterocycles. The monoisotopic (exact) mass is 659 g/mol. The van der Waals surface area contributed by atoms with E-state index in [2.05, 4.69) is 23.3 Å². The predicted molar refractivity (Wildman–Crippen MR) is 182 cm³/mol. The number of carbonyl (C=O) groups excluding carboxylic acids is 2. The number of carbonyl (C=O) groups is 2. The van der Waals surface area contributed by atoms with Gasteiger partial charge in [0.2, 0.25) is 0 Å². The molecule has 3 aromatic carbocycles. The zero-order valence-corrected chi connectivity index (χ0v) is 29.3. The Kier molecular flexibility index (Phi) is 11.1. The van der Waals surface area contributed by atoms with Gasteiger partial charge in [0.15, 0.2) is 0 Å². The number of fused-ring (bicyclic) bond motifs is 1. The fourth-order valence-corrected chi connectivity index (χ4v) is 5.47. The van der Waals surface area contributed by atoms with Crippen LogP contribution in [0.3, 0.4) is 0 Å². The van der Waals surface area contributed by atoms with Crippen LogP contribution in [0.15, 0.2) is 85.1 Å². The largest absolute Gasteiger partial charge is 0.489 e. The van der Waals surface area contributed by atoms with E-state index in [0.29, 0.717) is 31.1 Å². The Labute approximate surface area is 277 Å². The smallest absolute Gasteiger partial charge is 0.412 e. The predicted octanol–water partition coefficient (Wildman–Crippen LogP) is 6.47. The molecule has 3 atom stereocenters. The minimum absolute atomic E-state index is 0.0317. The Balaban J connectivity index is 1.27. The van der Waals surface area contributed by atoms with Gasteiger partial charge < -0.3 is 23.8 Å². The van der Waals surface area contributed by atoms with Gasteiger partial charge >= 0.3 is 12.2 Å². The first kappa shape index (κ1) is 33.9. The van der Waals surface area contributed by atoms with Crippen molar-refractivity contribution in [2.75, 3.05) is 31.6 Å². The Morgan fingerprint density at radius 2 is 1.83 bits per heavy atom. The molecule has 0 spiro atoms. The fraction of sp³-hybridized carbons (Fsp3) is 0.361. The van der Waals surface area contributed by atoms with Crippen LogP contribution in [0.2, 0.25) is 5.54 Å². The fourth-order valence-electron chi connectivity index (χ4n) is 5.35. The van der Waals surface area contributed by atoms with E-state index in [1.165, 1.54) is 12.1 Å². The van der Waals surface area contributed by atoms with Crippen molar-refractivity contribution in [3.8, 4) is 5.75 Å². The highest BCUT2D eigenvalue weighted by Crippen LogP contribution is 2.34. The molecular formula is C36H42FN3O6Si. The molecule has 0 aliphatic carbocycles. The molecule has 9 nitrogen and oxygen atoms in total. The highest BCUT2D eigenvalue weighted by Gasteiger charge is 2.36. The second-order valence-corrected chi connectivity index (χ2v) is 14.2. The zero-order valence-electron chi connectivity index (χ0n) is 27.3. The van der Waals surface area contributed by atoms with Crippen LogP contribution in [-0.2, 0) is 20.8 Å². The lowest BCUT2D eigenvalue weighted by molar-refractivity contribution is -0.0393. The maximum absolute atomic E-state index is 13.8. The first-order valence-electron chi connectivity index (χ1n) is 15.9. The Hall–Kier alpha value is -4.48. The molecule has 1 aliphatic rings. The number of pyridine rings is 1. The second kappa shape index (κ2) is 15.4. The van der Waals surface area contributed by atoms with Crippen molar-refractivity contribution >= 4 is 39.0 Å². The number of nitrogens with one attached hydrogen (secondary N) is 1. The van der Waals surface area contributed by atoms with E-state index in [-0.39, 0.29) is 49.3 Å². The van der Waals surface area contributed by atoms with Crippen LogP contribution >= 0.6 is 0 Å². The van der Waals surface area contributed by atoms with E-state index in [9.17, 15) is 14.0 Å². The van der Waals surface area contributed by atoms with E-state index in [0.717, 1.165) is 32.1 Å². The molecule has 248 valence electrons. The standard InChI is InChI=1S/C36H42FN3O6Si/c1-24(47)36(2,3)46-35(42)40-17-15-30(26-11-13-28(37)14-12-26)32(22-40)45-23-25-20-27-8-4-5-9-29(27)31(21-25)43-18-19-44-34(41)39-33-10-6-7-16-38-33/h4-14,16,20-21,24,30,32H,15,17-19,22-23H2,1-3,47H3,(H,38,39,41). The molecule has 0 saturated carbocycles. The second-order valence-electron chi connectivity index (χ2n) is 12.5. The maximum Gasteiger partial charge on any atom is 0.412 e. The zero-order chi connectivity index (χ0) is 33.4. The molecule has 47 heavy (non-hydrogen) atoms. The SMILES string of the molecule is CC([SiH3])C(C)(C)OC(=O)N1CCC(c2ccc(F)cc2)C(OCc2cc(OCCOC(=O)Nc3ccccn3)c3ccccc3c2)C1. The number of benzene rings is 3. The third-order valence-electron chi connectivity index (χ3n) is 8.67. The van der Waals surface area contributed by atoms with Crippen LogP contribution in [0.25, 0.3) is 10.8 Å². The van der Waals surface area contributed by atoms with Crippen LogP contribution in [-0.4, -0.2) is 70.3 Å². The molecule has 1 aromatic heterocycles. The van der Waals surface area contributed by atoms with Crippen LogP contribution in [0.1, 0.15) is 44.2 Å². The lowest BCUT2D eigenvalue weighted by atomic mass is 9.87. The Morgan fingerprint density at radius 1 is 1.06 bits per heavy atom. The van der Waals surface area contributed by atoms with Gasteiger partial charge in [-0.1, -0.05) is 49.4 Å². The summed E-state index contributed by atoms with van der Waals surface area (Å²) in [4.78, 5) is 31.1. The summed E-state index contributed by atoms with van der Waals surface area (Å²) in [6.07, 6.45) is 0.927. The number of piperidine rings is 1. The third-order valence-corrected chi connectivity index (χ3v) is 10.1. The van der Waals surface area contributed by atoms with Crippen molar-refractivity contribution in [3.05, 3.63) is 102 Å². The van der Waals surface area contributed by atoms with Crippen LogP contribution in [0, 0.1) is 5.82 Å². The van der Waals surface area contributed by atoms with Gasteiger partial charge in [-0.3, -0.25) is 5.32 Å².